The van der Waals surface area contributed by atoms with Crippen molar-refractivity contribution in [3.05, 3.63) is 23.8 Å². The Balaban J connectivity index is 0.00000169. The summed E-state index contributed by atoms with van der Waals surface area (Å²) in [4.78, 5) is 21.3. The van der Waals surface area contributed by atoms with Crippen LogP contribution in [0.1, 0.15) is 13.3 Å². The van der Waals surface area contributed by atoms with E-state index < -0.39 is 17.4 Å². The molecule has 4 nitrogen and oxygen atoms in total. The Morgan fingerprint density at radius 2 is 2.00 bits per heavy atom. The van der Waals surface area contributed by atoms with Gasteiger partial charge >= 0.3 is 11.9 Å². The van der Waals surface area contributed by atoms with Gasteiger partial charge in [-0.15, -0.1) is 0 Å². The summed E-state index contributed by atoms with van der Waals surface area (Å²) in [6.07, 6.45) is 4.43. The van der Waals surface area contributed by atoms with Gasteiger partial charge in [-0.2, -0.15) is 0 Å². The van der Waals surface area contributed by atoms with Crippen molar-refractivity contribution in [2.75, 3.05) is 0 Å². The Kier molecular flexibility index (Phi) is 4.29. The molecule has 1 unspecified atom stereocenters. The molecule has 0 saturated carbocycles. The average molecular weight is 230 g/mol. The molecular weight excluding hydrogens is 220 g/mol. The van der Waals surface area contributed by atoms with Crippen LogP contribution in [0.4, 0.5) is 0 Å². The molecule has 0 heterocycles. The fourth-order valence-electron chi connectivity index (χ4n) is 1.18. The molecule has 0 saturated heterocycles. The molecule has 0 aromatic rings. The van der Waals surface area contributed by atoms with Crippen LogP contribution >= 0.6 is 0 Å². The first-order valence-electron chi connectivity index (χ1n) is 3.81. The number of aliphatic carboxylic acids is 2. The molecule has 0 aliphatic heterocycles. The summed E-state index contributed by atoms with van der Waals surface area (Å²) in [5.74, 6) is -2.06. The van der Waals surface area contributed by atoms with Gasteiger partial charge in [-0.25, -0.2) is 4.79 Å². The fraction of sp³-hybridized carbons (Fsp3) is 0.333. The summed E-state index contributed by atoms with van der Waals surface area (Å²) in [5, 5.41) is 17.5. The number of carbonyl (C=O) groups is 2. The minimum absolute atomic E-state index is 0. The van der Waals surface area contributed by atoms with E-state index >= 15 is 0 Å². The summed E-state index contributed by atoms with van der Waals surface area (Å²) < 4.78 is 0. The van der Waals surface area contributed by atoms with Crippen LogP contribution in [-0.4, -0.2) is 22.2 Å². The molecule has 0 aromatic heterocycles. The third-order valence-electron chi connectivity index (χ3n) is 2.08. The van der Waals surface area contributed by atoms with E-state index in [4.69, 9.17) is 10.2 Å². The molecule has 1 rings (SSSR count). The molecule has 14 heavy (non-hydrogen) atoms. The third-order valence-corrected chi connectivity index (χ3v) is 2.08. The van der Waals surface area contributed by atoms with Crippen LogP contribution < -0.4 is 0 Å². The van der Waals surface area contributed by atoms with Crippen LogP contribution in [0.2, 0.25) is 0 Å². The van der Waals surface area contributed by atoms with Crippen LogP contribution in [-0.2, 0) is 31.3 Å². The van der Waals surface area contributed by atoms with E-state index in [1.165, 1.54) is 25.2 Å². The zero-order valence-corrected chi connectivity index (χ0v) is 9.21. The standard InChI is InChI=1S/C9H10O4.Ti/c1-9(8(12)13)4-2-3-6(5-9)7(10)11;/h2-4H,5H2,1H3,(H,10,11)(H,12,13);. The second kappa shape index (κ2) is 4.57. The Morgan fingerprint density at radius 1 is 1.43 bits per heavy atom. The van der Waals surface area contributed by atoms with Gasteiger partial charge in [0.25, 0.3) is 0 Å². The topological polar surface area (TPSA) is 74.6 Å². The monoisotopic (exact) mass is 230 g/mol. The number of carboxylic acid groups (broad SMARTS) is 2. The van der Waals surface area contributed by atoms with Gasteiger partial charge < -0.3 is 10.2 Å². The summed E-state index contributed by atoms with van der Waals surface area (Å²) in [5.41, 5.74) is -0.949. The van der Waals surface area contributed by atoms with Crippen molar-refractivity contribution in [1.29, 1.82) is 0 Å². The quantitative estimate of drug-likeness (QED) is 0.695. The van der Waals surface area contributed by atoms with Crippen molar-refractivity contribution in [1.82, 2.24) is 0 Å². The van der Waals surface area contributed by atoms with Crippen molar-refractivity contribution in [3.8, 4) is 0 Å². The summed E-state index contributed by atoms with van der Waals surface area (Å²) >= 11 is 0. The van der Waals surface area contributed by atoms with Gasteiger partial charge in [0.2, 0.25) is 0 Å². The number of carboxylic acids is 2. The van der Waals surface area contributed by atoms with Crippen molar-refractivity contribution in [2.45, 2.75) is 13.3 Å². The van der Waals surface area contributed by atoms with Crippen molar-refractivity contribution < 1.29 is 41.5 Å². The van der Waals surface area contributed by atoms with E-state index in [2.05, 4.69) is 0 Å². The first-order valence-corrected chi connectivity index (χ1v) is 3.81. The van der Waals surface area contributed by atoms with Crippen molar-refractivity contribution >= 4 is 11.9 Å². The first-order chi connectivity index (χ1) is 5.96. The van der Waals surface area contributed by atoms with Gasteiger partial charge in [0.15, 0.2) is 0 Å². The van der Waals surface area contributed by atoms with Crippen molar-refractivity contribution in [3.63, 3.8) is 0 Å². The van der Waals surface area contributed by atoms with Gasteiger partial charge in [0.1, 0.15) is 0 Å². The molecule has 1 aliphatic carbocycles. The Labute approximate surface area is 96.2 Å². The largest absolute Gasteiger partial charge is 0.481 e. The van der Waals surface area contributed by atoms with Gasteiger partial charge in [0, 0.05) is 27.3 Å². The minimum atomic E-state index is -1.08. The van der Waals surface area contributed by atoms with E-state index in [9.17, 15) is 9.59 Å². The van der Waals surface area contributed by atoms with Crippen LogP contribution in [0.25, 0.3) is 0 Å². The maximum atomic E-state index is 10.8. The number of allylic oxidation sites excluding steroid dienone is 2. The molecule has 1 aliphatic rings. The van der Waals surface area contributed by atoms with Gasteiger partial charge in [0.05, 0.1) is 5.41 Å². The van der Waals surface area contributed by atoms with Crippen molar-refractivity contribution in [2.24, 2.45) is 5.41 Å². The smallest absolute Gasteiger partial charge is 0.331 e. The molecular formula is C9H10O4Ti. The fourth-order valence-corrected chi connectivity index (χ4v) is 1.18. The zero-order valence-electron chi connectivity index (χ0n) is 7.65. The first kappa shape index (κ1) is 13.1. The maximum Gasteiger partial charge on any atom is 0.331 e. The third kappa shape index (κ3) is 2.56. The molecule has 1 atom stereocenters. The van der Waals surface area contributed by atoms with Crippen LogP contribution in [0.3, 0.4) is 0 Å². The normalized spacial score (nSPS) is 24.8. The van der Waals surface area contributed by atoms with Crippen LogP contribution in [0.15, 0.2) is 23.8 Å². The average Bonchev–Trinajstić information content (AvgIpc) is 2.04. The number of hydrogen-bond donors (Lipinski definition) is 2. The van der Waals surface area contributed by atoms with Crippen LogP contribution in [0, 0.1) is 5.41 Å². The Hall–Kier alpha value is -0.866. The molecule has 2 N–H and O–H groups in total. The summed E-state index contributed by atoms with van der Waals surface area (Å²) in [7, 11) is 0. The summed E-state index contributed by atoms with van der Waals surface area (Å²) in [6, 6.07) is 0. The number of hydrogen-bond acceptors (Lipinski definition) is 2. The van der Waals surface area contributed by atoms with Gasteiger partial charge in [-0.1, -0.05) is 18.2 Å². The Morgan fingerprint density at radius 3 is 2.43 bits per heavy atom. The van der Waals surface area contributed by atoms with E-state index in [0.29, 0.717) is 0 Å². The zero-order chi connectivity index (χ0) is 10.1. The molecule has 0 amide bonds. The molecule has 0 aromatic carbocycles. The van der Waals surface area contributed by atoms with E-state index in [-0.39, 0.29) is 33.7 Å². The van der Waals surface area contributed by atoms with Crippen LogP contribution in [0.5, 0.6) is 0 Å². The predicted molar refractivity (Wildman–Crippen MR) is 45.2 cm³/mol. The van der Waals surface area contributed by atoms with E-state index in [0.717, 1.165) is 0 Å². The van der Waals surface area contributed by atoms with E-state index in [1.54, 1.807) is 0 Å². The predicted octanol–water partition coefficient (Wildman–Crippen LogP) is 1.05. The maximum absolute atomic E-state index is 10.8. The van der Waals surface area contributed by atoms with Gasteiger partial charge in [-0.3, -0.25) is 4.79 Å². The van der Waals surface area contributed by atoms with Gasteiger partial charge in [-0.05, 0) is 13.3 Å². The molecule has 0 radical (unpaired) electrons. The minimum Gasteiger partial charge on any atom is -0.481 e. The molecule has 74 valence electrons. The molecule has 0 fully saturated rings. The summed E-state index contributed by atoms with van der Waals surface area (Å²) in [6.45, 7) is 1.50. The SMILES string of the molecule is CC1(C(=O)O)C=CC=C(C(=O)O)C1.[Ti]. The molecule has 0 spiro atoms. The van der Waals surface area contributed by atoms with E-state index in [1.807, 2.05) is 0 Å². The second-order valence-electron chi connectivity index (χ2n) is 3.26. The molecule has 5 heteroatoms. The molecule has 0 bridgehead atoms. The second-order valence-corrected chi connectivity index (χ2v) is 3.26. The Bertz CT molecular complexity index is 319. The number of rotatable bonds is 2.